The van der Waals surface area contributed by atoms with Gasteiger partial charge in [-0.2, -0.15) is 0 Å². The van der Waals surface area contributed by atoms with Gasteiger partial charge in [-0.25, -0.2) is 0 Å². The predicted octanol–water partition coefficient (Wildman–Crippen LogP) is 2.35. The number of nitrogens with zero attached hydrogens (tertiary/aromatic N) is 1. The van der Waals surface area contributed by atoms with E-state index < -0.39 is 0 Å². The highest BCUT2D eigenvalue weighted by Crippen LogP contribution is 2.13. The number of unbranched alkanes of at least 4 members (excludes halogenated alkanes) is 13. The van der Waals surface area contributed by atoms with Gasteiger partial charge in [0, 0.05) is 0 Å². The molecule has 0 aromatic heterocycles. The van der Waals surface area contributed by atoms with E-state index in [1.807, 2.05) is 0 Å². The average Bonchev–Trinajstić information content (AvgIpc) is 2.38. The van der Waals surface area contributed by atoms with E-state index in [1.165, 1.54) is 96.4 Å². The molecular formula is C19H44ClNO. The average molecular weight is 338 g/mol. The van der Waals surface area contributed by atoms with Crippen LogP contribution in [0.1, 0.15) is 96.8 Å². The maximum atomic E-state index is 2.29. The Balaban J connectivity index is -0.00000180. The summed E-state index contributed by atoms with van der Waals surface area (Å²) in [5.41, 5.74) is 0. The van der Waals surface area contributed by atoms with Crippen molar-refractivity contribution in [3.05, 3.63) is 0 Å². The second-order valence-electron chi connectivity index (χ2n) is 7.61. The molecule has 3 heteroatoms. The lowest BCUT2D eigenvalue weighted by atomic mass is 10.0. The van der Waals surface area contributed by atoms with Crippen LogP contribution in [0.15, 0.2) is 0 Å². The van der Waals surface area contributed by atoms with Crippen molar-refractivity contribution in [2.24, 2.45) is 0 Å². The molecule has 22 heavy (non-hydrogen) atoms. The van der Waals surface area contributed by atoms with Crippen molar-refractivity contribution >= 4 is 0 Å². The second kappa shape index (κ2) is 19.3. The molecule has 0 aromatic carbocycles. The maximum Gasteiger partial charge on any atom is 0.0780 e. The minimum Gasteiger partial charge on any atom is -1.00 e. The fourth-order valence-electron chi connectivity index (χ4n) is 2.78. The van der Waals surface area contributed by atoms with E-state index in [0.29, 0.717) is 0 Å². The zero-order valence-electron chi connectivity index (χ0n) is 15.9. The van der Waals surface area contributed by atoms with Crippen LogP contribution in [-0.4, -0.2) is 37.6 Å². The van der Waals surface area contributed by atoms with E-state index in [9.17, 15) is 0 Å². The molecular weight excluding hydrogens is 294 g/mol. The molecule has 0 amide bonds. The van der Waals surface area contributed by atoms with Gasteiger partial charge in [-0.3, -0.25) is 0 Å². The Kier molecular flexibility index (Phi) is 23.7. The van der Waals surface area contributed by atoms with Gasteiger partial charge >= 0.3 is 0 Å². The van der Waals surface area contributed by atoms with Crippen LogP contribution >= 0.6 is 0 Å². The van der Waals surface area contributed by atoms with Crippen molar-refractivity contribution in [2.45, 2.75) is 96.8 Å². The molecule has 0 heterocycles. The molecule has 0 aliphatic heterocycles. The summed E-state index contributed by atoms with van der Waals surface area (Å²) in [5.74, 6) is 0. The number of hydrogen-bond acceptors (Lipinski definition) is 0. The molecule has 0 spiro atoms. The van der Waals surface area contributed by atoms with Crippen molar-refractivity contribution in [1.82, 2.24) is 0 Å². The van der Waals surface area contributed by atoms with Gasteiger partial charge in [0.05, 0.1) is 27.7 Å². The van der Waals surface area contributed by atoms with Crippen molar-refractivity contribution in [3.63, 3.8) is 0 Å². The Morgan fingerprint density at radius 2 is 0.773 bits per heavy atom. The summed E-state index contributed by atoms with van der Waals surface area (Å²) in [5, 5.41) is 0. The topological polar surface area (TPSA) is 31.5 Å². The number of hydrogen-bond donors (Lipinski definition) is 0. The largest absolute Gasteiger partial charge is 1.00 e. The molecule has 0 radical (unpaired) electrons. The van der Waals surface area contributed by atoms with Crippen molar-refractivity contribution in [1.29, 1.82) is 0 Å². The summed E-state index contributed by atoms with van der Waals surface area (Å²) < 4.78 is 1.12. The molecule has 2 N–H and O–H groups in total. The third kappa shape index (κ3) is 25.2. The van der Waals surface area contributed by atoms with E-state index >= 15 is 0 Å². The number of rotatable bonds is 15. The van der Waals surface area contributed by atoms with Crippen LogP contribution in [0.25, 0.3) is 0 Å². The molecule has 2 nitrogen and oxygen atoms in total. The van der Waals surface area contributed by atoms with Gasteiger partial charge in [0.1, 0.15) is 0 Å². The van der Waals surface area contributed by atoms with Crippen LogP contribution in [0.2, 0.25) is 0 Å². The molecule has 0 fully saturated rings. The zero-order valence-corrected chi connectivity index (χ0v) is 16.7. The summed E-state index contributed by atoms with van der Waals surface area (Å²) in [4.78, 5) is 0. The van der Waals surface area contributed by atoms with Gasteiger partial charge in [-0.05, 0) is 12.8 Å². The summed E-state index contributed by atoms with van der Waals surface area (Å²) in [6, 6.07) is 0. The fourth-order valence-corrected chi connectivity index (χ4v) is 2.78. The summed E-state index contributed by atoms with van der Waals surface area (Å²) in [6.07, 6.45) is 20.4. The lowest BCUT2D eigenvalue weighted by Crippen LogP contribution is -3.00. The van der Waals surface area contributed by atoms with E-state index in [4.69, 9.17) is 0 Å². The van der Waals surface area contributed by atoms with Crippen molar-refractivity contribution < 1.29 is 22.4 Å². The summed E-state index contributed by atoms with van der Waals surface area (Å²) >= 11 is 0. The molecule has 0 rings (SSSR count). The van der Waals surface area contributed by atoms with Crippen LogP contribution in [0, 0.1) is 0 Å². The summed E-state index contributed by atoms with van der Waals surface area (Å²) in [7, 11) is 6.88. The van der Waals surface area contributed by atoms with Gasteiger partial charge in [-0.15, -0.1) is 0 Å². The summed E-state index contributed by atoms with van der Waals surface area (Å²) in [6.45, 7) is 3.63. The molecule has 138 valence electrons. The van der Waals surface area contributed by atoms with Gasteiger partial charge in [-0.1, -0.05) is 84.0 Å². The highest BCUT2D eigenvalue weighted by molar-refractivity contribution is 4.49. The number of halogens is 1. The Hall–Kier alpha value is 0.210. The SMILES string of the molecule is CCCCCCCCCCCCCCCC[N+](C)(C)C.O.[Cl-]. The monoisotopic (exact) mass is 337 g/mol. The first-order valence-corrected chi connectivity index (χ1v) is 9.36. The molecule has 0 unspecified atom stereocenters. The molecule has 0 atom stereocenters. The van der Waals surface area contributed by atoms with E-state index in [0.717, 1.165) is 4.48 Å². The smallest absolute Gasteiger partial charge is 0.0780 e. The highest BCUT2D eigenvalue weighted by atomic mass is 35.5. The van der Waals surface area contributed by atoms with Gasteiger partial charge in [0.15, 0.2) is 0 Å². The first-order chi connectivity index (χ1) is 9.56. The van der Waals surface area contributed by atoms with Crippen LogP contribution < -0.4 is 12.4 Å². The van der Waals surface area contributed by atoms with Gasteiger partial charge < -0.3 is 22.4 Å². The molecule has 0 aliphatic carbocycles. The molecule has 0 bridgehead atoms. The predicted molar refractivity (Wildman–Crippen MR) is 96.8 cm³/mol. The van der Waals surface area contributed by atoms with E-state index in [2.05, 4.69) is 28.1 Å². The lowest BCUT2D eigenvalue weighted by molar-refractivity contribution is -0.870. The fraction of sp³-hybridized carbons (Fsp3) is 1.00. The third-order valence-electron chi connectivity index (χ3n) is 4.18. The Bertz CT molecular complexity index is 192. The van der Waals surface area contributed by atoms with Crippen LogP contribution in [0.5, 0.6) is 0 Å². The van der Waals surface area contributed by atoms with Crippen molar-refractivity contribution in [2.75, 3.05) is 27.7 Å². The Morgan fingerprint density at radius 3 is 1.05 bits per heavy atom. The normalized spacial score (nSPS) is 10.9. The Morgan fingerprint density at radius 1 is 0.500 bits per heavy atom. The van der Waals surface area contributed by atoms with Crippen molar-refractivity contribution in [3.8, 4) is 0 Å². The molecule has 0 saturated heterocycles. The quantitative estimate of drug-likeness (QED) is 0.324. The van der Waals surface area contributed by atoms with E-state index in [1.54, 1.807) is 0 Å². The van der Waals surface area contributed by atoms with Gasteiger partial charge in [0.25, 0.3) is 0 Å². The minimum absolute atomic E-state index is 0. The van der Waals surface area contributed by atoms with Crippen LogP contribution in [0.3, 0.4) is 0 Å². The second-order valence-corrected chi connectivity index (χ2v) is 7.61. The first kappa shape index (κ1) is 27.1. The van der Waals surface area contributed by atoms with Crippen LogP contribution in [0.4, 0.5) is 0 Å². The number of quaternary nitrogens is 1. The van der Waals surface area contributed by atoms with Crippen LogP contribution in [-0.2, 0) is 0 Å². The maximum absolute atomic E-state index is 2.29. The molecule has 0 saturated carbocycles. The molecule has 0 aliphatic rings. The standard InChI is InChI=1S/C19H42N.ClH.H2O/c1-5-6-7-8-9-10-11-12-13-14-15-16-17-18-19-20(2,3)4;;/h5-19H2,1-4H3;1H;1H2/q+1;;/p-1. The minimum atomic E-state index is 0. The zero-order chi connectivity index (χ0) is 15.1. The Labute approximate surface area is 147 Å². The molecule has 0 aromatic rings. The highest BCUT2D eigenvalue weighted by Gasteiger charge is 2.04. The lowest BCUT2D eigenvalue weighted by Gasteiger charge is -2.23. The van der Waals surface area contributed by atoms with E-state index in [-0.39, 0.29) is 17.9 Å². The third-order valence-corrected chi connectivity index (χ3v) is 4.18. The van der Waals surface area contributed by atoms with Gasteiger partial charge in [0.2, 0.25) is 0 Å². The first-order valence-electron chi connectivity index (χ1n) is 9.36.